The van der Waals surface area contributed by atoms with Crippen molar-refractivity contribution >= 4 is 45.0 Å². The topological polar surface area (TPSA) is 36.4 Å². The van der Waals surface area contributed by atoms with Crippen LogP contribution in [0.1, 0.15) is 39.8 Å². The SMILES string of the molecule is Cc1cc(C)c(CC(=O)N(CCCN(C)C)c2nc3c(C)cc(C)cc3s2)c(C)c1.Cl. The number of rotatable bonds is 7. The van der Waals surface area contributed by atoms with Gasteiger partial charge in [0.1, 0.15) is 0 Å². The Morgan fingerprint density at radius 3 is 2.10 bits per heavy atom. The molecule has 3 rings (SSSR count). The highest BCUT2D eigenvalue weighted by molar-refractivity contribution is 7.22. The van der Waals surface area contributed by atoms with Gasteiger partial charge in [0.05, 0.1) is 16.6 Å². The van der Waals surface area contributed by atoms with Crippen LogP contribution in [0.15, 0.2) is 24.3 Å². The quantitative estimate of drug-likeness (QED) is 0.448. The van der Waals surface area contributed by atoms with Crippen LogP contribution in [0.3, 0.4) is 0 Å². The van der Waals surface area contributed by atoms with E-state index >= 15 is 0 Å². The van der Waals surface area contributed by atoms with Crippen molar-refractivity contribution < 1.29 is 4.79 Å². The van der Waals surface area contributed by atoms with Crippen LogP contribution in [-0.4, -0.2) is 43.0 Å². The number of halogens is 1. The maximum absolute atomic E-state index is 13.5. The van der Waals surface area contributed by atoms with E-state index in [1.54, 1.807) is 11.3 Å². The highest BCUT2D eigenvalue weighted by Crippen LogP contribution is 2.32. The molecule has 0 aliphatic rings. The predicted molar refractivity (Wildman–Crippen MR) is 136 cm³/mol. The smallest absolute Gasteiger partial charge is 0.233 e. The number of amides is 1. The van der Waals surface area contributed by atoms with Crippen molar-refractivity contribution in [2.75, 3.05) is 32.1 Å². The van der Waals surface area contributed by atoms with E-state index in [0.29, 0.717) is 13.0 Å². The van der Waals surface area contributed by atoms with Crippen LogP contribution in [0.5, 0.6) is 0 Å². The number of fused-ring (bicyclic) bond motifs is 1. The predicted octanol–water partition coefficient (Wildman–Crippen LogP) is 5.79. The van der Waals surface area contributed by atoms with Gasteiger partial charge in [-0.1, -0.05) is 35.1 Å². The molecule has 3 aromatic rings. The second-order valence-corrected chi connectivity index (χ2v) is 9.69. The average Bonchev–Trinajstić information content (AvgIpc) is 3.05. The monoisotopic (exact) mass is 459 g/mol. The van der Waals surface area contributed by atoms with Crippen molar-refractivity contribution in [1.82, 2.24) is 9.88 Å². The second kappa shape index (κ2) is 10.6. The van der Waals surface area contributed by atoms with Gasteiger partial charge in [0.2, 0.25) is 5.91 Å². The van der Waals surface area contributed by atoms with Crippen molar-refractivity contribution in [2.24, 2.45) is 0 Å². The zero-order valence-corrected chi connectivity index (χ0v) is 21.3. The van der Waals surface area contributed by atoms with Crippen LogP contribution in [0.2, 0.25) is 0 Å². The molecule has 0 atom stereocenters. The van der Waals surface area contributed by atoms with E-state index in [2.05, 4.69) is 77.9 Å². The fourth-order valence-corrected chi connectivity index (χ4v) is 5.27. The molecule has 1 amide bonds. The van der Waals surface area contributed by atoms with Gasteiger partial charge < -0.3 is 4.90 Å². The first-order valence-electron chi connectivity index (χ1n) is 10.6. The van der Waals surface area contributed by atoms with Crippen molar-refractivity contribution in [3.8, 4) is 0 Å². The van der Waals surface area contributed by atoms with E-state index < -0.39 is 0 Å². The lowest BCUT2D eigenvalue weighted by Gasteiger charge is -2.22. The van der Waals surface area contributed by atoms with Gasteiger partial charge in [-0.3, -0.25) is 9.69 Å². The van der Waals surface area contributed by atoms with Gasteiger partial charge in [0, 0.05) is 6.54 Å². The normalized spacial score (nSPS) is 11.1. The zero-order valence-electron chi connectivity index (χ0n) is 19.7. The van der Waals surface area contributed by atoms with Crippen LogP contribution >= 0.6 is 23.7 Å². The van der Waals surface area contributed by atoms with Gasteiger partial charge >= 0.3 is 0 Å². The number of carbonyl (C=O) groups excluding carboxylic acids is 1. The standard InChI is InChI=1S/C25H33N3OS.ClH/c1-16-11-18(3)21(19(4)12-16)15-23(29)28(10-8-9-27(6)7)25-26-24-20(5)13-17(2)14-22(24)30-25;/h11-14H,8-10,15H2,1-7H3;1H. The van der Waals surface area contributed by atoms with Crippen molar-refractivity contribution in [1.29, 1.82) is 0 Å². The lowest BCUT2D eigenvalue weighted by molar-refractivity contribution is -0.118. The molecule has 4 nitrogen and oxygen atoms in total. The maximum Gasteiger partial charge on any atom is 0.233 e. The molecule has 0 aliphatic carbocycles. The molecule has 0 radical (unpaired) electrons. The molecule has 0 N–H and O–H groups in total. The third kappa shape index (κ3) is 6.06. The highest BCUT2D eigenvalue weighted by atomic mass is 35.5. The molecule has 1 aromatic heterocycles. The first-order valence-corrected chi connectivity index (χ1v) is 11.4. The Morgan fingerprint density at radius 1 is 0.903 bits per heavy atom. The Balaban J connectivity index is 0.00000341. The summed E-state index contributed by atoms with van der Waals surface area (Å²) in [5, 5.41) is 0.810. The zero-order chi connectivity index (χ0) is 22.0. The lowest BCUT2D eigenvalue weighted by atomic mass is 9.97. The minimum absolute atomic E-state index is 0. The molecule has 0 saturated heterocycles. The third-order valence-electron chi connectivity index (χ3n) is 5.51. The summed E-state index contributed by atoms with van der Waals surface area (Å²) in [5.41, 5.74) is 8.14. The molecule has 0 unspecified atom stereocenters. The Bertz CT molecular complexity index is 1050. The Hall–Kier alpha value is -1.95. The largest absolute Gasteiger partial charge is 0.309 e. The van der Waals surface area contributed by atoms with E-state index in [1.807, 2.05) is 4.90 Å². The molecule has 168 valence electrons. The minimum atomic E-state index is 0. The summed E-state index contributed by atoms with van der Waals surface area (Å²) in [5.74, 6) is 0.122. The minimum Gasteiger partial charge on any atom is -0.309 e. The van der Waals surface area contributed by atoms with E-state index in [1.165, 1.54) is 27.8 Å². The molecule has 6 heteroatoms. The van der Waals surface area contributed by atoms with E-state index in [0.717, 1.165) is 33.9 Å². The van der Waals surface area contributed by atoms with Crippen LogP contribution in [0, 0.1) is 34.6 Å². The number of thiazole rings is 1. The summed E-state index contributed by atoms with van der Waals surface area (Å²) in [6, 6.07) is 8.65. The first kappa shape index (κ1) is 25.3. The van der Waals surface area contributed by atoms with Crippen LogP contribution in [0.25, 0.3) is 10.2 Å². The van der Waals surface area contributed by atoms with Crippen molar-refractivity contribution in [2.45, 2.75) is 47.5 Å². The fraction of sp³-hybridized carbons (Fsp3) is 0.440. The number of aromatic nitrogens is 1. The molecule has 31 heavy (non-hydrogen) atoms. The van der Waals surface area contributed by atoms with Gasteiger partial charge in [-0.25, -0.2) is 4.98 Å². The molecule has 0 spiro atoms. The van der Waals surface area contributed by atoms with E-state index in [9.17, 15) is 4.79 Å². The lowest BCUT2D eigenvalue weighted by Crippen LogP contribution is -2.34. The van der Waals surface area contributed by atoms with Crippen molar-refractivity contribution in [3.05, 3.63) is 57.6 Å². The second-order valence-electron chi connectivity index (χ2n) is 8.68. The number of hydrogen-bond donors (Lipinski definition) is 0. The number of nitrogens with zero attached hydrogens (tertiary/aromatic N) is 3. The van der Waals surface area contributed by atoms with Crippen LogP contribution in [0.4, 0.5) is 5.13 Å². The summed E-state index contributed by atoms with van der Waals surface area (Å²) in [6.45, 7) is 12.1. The van der Waals surface area contributed by atoms with Gasteiger partial charge in [-0.05, 0) is 95.6 Å². The Labute approximate surface area is 196 Å². The molecule has 0 bridgehead atoms. The summed E-state index contributed by atoms with van der Waals surface area (Å²) in [4.78, 5) is 22.4. The van der Waals surface area contributed by atoms with E-state index in [4.69, 9.17) is 4.98 Å². The van der Waals surface area contributed by atoms with Gasteiger partial charge in [0.15, 0.2) is 5.13 Å². The van der Waals surface area contributed by atoms with Crippen LogP contribution < -0.4 is 4.90 Å². The maximum atomic E-state index is 13.5. The molecule has 2 aromatic carbocycles. The molecule has 0 saturated carbocycles. The van der Waals surface area contributed by atoms with E-state index in [-0.39, 0.29) is 18.3 Å². The number of aryl methyl sites for hydroxylation is 5. The summed E-state index contributed by atoms with van der Waals surface area (Å²) >= 11 is 1.62. The van der Waals surface area contributed by atoms with Crippen LogP contribution in [-0.2, 0) is 11.2 Å². The highest BCUT2D eigenvalue weighted by Gasteiger charge is 2.22. The fourth-order valence-electron chi connectivity index (χ4n) is 4.08. The Morgan fingerprint density at radius 2 is 1.48 bits per heavy atom. The number of benzene rings is 2. The summed E-state index contributed by atoms with van der Waals surface area (Å²) in [7, 11) is 4.13. The third-order valence-corrected chi connectivity index (χ3v) is 6.53. The molecule has 1 heterocycles. The number of carbonyl (C=O) groups is 1. The summed E-state index contributed by atoms with van der Waals surface area (Å²) < 4.78 is 1.15. The summed E-state index contributed by atoms with van der Waals surface area (Å²) in [6.07, 6.45) is 1.33. The molecular formula is C25H34ClN3OS. The van der Waals surface area contributed by atoms with Gasteiger partial charge in [0.25, 0.3) is 0 Å². The average molecular weight is 460 g/mol. The molecule has 0 fully saturated rings. The van der Waals surface area contributed by atoms with Crippen molar-refractivity contribution in [3.63, 3.8) is 0 Å². The Kier molecular flexibility index (Phi) is 8.64. The first-order chi connectivity index (χ1) is 14.2. The molecular weight excluding hydrogens is 426 g/mol. The van der Waals surface area contributed by atoms with Gasteiger partial charge in [-0.15, -0.1) is 12.4 Å². The van der Waals surface area contributed by atoms with Gasteiger partial charge in [-0.2, -0.15) is 0 Å². The number of hydrogen-bond acceptors (Lipinski definition) is 4. The number of anilines is 1. The molecule has 0 aliphatic heterocycles.